The van der Waals surface area contributed by atoms with Crippen LogP contribution in [0.2, 0.25) is 0 Å². The lowest BCUT2D eigenvalue weighted by atomic mass is 9.44. The molecule has 3 aliphatic carbocycles. The molecule has 8 rings (SSSR count). The van der Waals surface area contributed by atoms with Crippen molar-refractivity contribution in [1.29, 1.82) is 0 Å². The van der Waals surface area contributed by atoms with Crippen molar-refractivity contribution in [3.63, 3.8) is 0 Å². The second kappa shape index (κ2) is 8.42. The van der Waals surface area contributed by atoms with Crippen LogP contribution in [0.3, 0.4) is 0 Å². The second-order valence-corrected chi connectivity index (χ2v) is 10.4. The number of aromatic nitrogens is 6. The van der Waals surface area contributed by atoms with Gasteiger partial charge in [-0.15, -0.1) is 5.10 Å². The van der Waals surface area contributed by atoms with Crippen LogP contribution in [0.4, 0.5) is 5.69 Å². The summed E-state index contributed by atoms with van der Waals surface area (Å²) in [5.74, 6) is 1.04. The Balaban J connectivity index is 1.02. The molecule has 4 aromatic rings. The normalized spacial score (nSPS) is 23.3. The molecule has 2 bridgehead atoms. The Labute approximate surface area is 204 Å². The third-order valence-electron chi connectivity index (χ3n) is 7.81. The van der Waals surface area contributed by atoms with E-state index < -0.39 is 0 Å². The maximum Gasteiger partial charge on any atom is 0.137 e. The molecule has 35 heavy (non-hydrogen) atoms. The number of ether oxygens (including phenoxy) is 1. The molecule has 4 fully saturated rings. The van der Waals surface area contributed by atoms with Crippen molar-refractivity contribution < 1.29 is 4.74 Å². The first kappa shape index (κ1) is 21.0. The van der Waals surface area contributed by atoms with E-state index in [4.69, 9.17) is 9.72 Å². The summed E-state index contributed by atoms with van der Waals surface area (Å²) >= 11 is 0. The van der Waals surface area contributed by atoms with E-state index in [2.05, 4.69) is 60.5 Å². The molecule has 0 radical (unpaired) electrons. The summed E-state index contributed by atoms with van der Waals surface area (Å²) in [4.78, 5) is 11.5. The number of hydrogen-bond donors (Lipinski definition) is 1. The molecule has 9 heteroatoms. The van der Waals surface area contributed by atoms with E-state index in [1.54, 1.807) is 0 Å². The van der Waals surface area contributed by atoms with Crippen molar-refractivity contribution in [2.45, 2.75) is 32.4 Å². The third-order valence-corrected chi connectivity index (χ3v) is 7.81. The number of nitrogens with one attached hydrogen (secondary N) is 1. The van der Waals surface area contributed by atoms with E-state index in [1.165, 1.54) is 24.8 Å². The summed E-state index contributed by atoms with van der Waals surface area (Å²) in [6.07, 6.45) is 14.3. The van der Waals surface area contributed by atoms with Gasteiger partial charge in [0.05, 0.1) is 43.5 Å². The first-order chi connectivity index (χ1) is 17.2. The number of rotatable bonds is 8. The fourth-order valence-electron chi connectivity index (χ4n) is 5.85. The molecular formula is C26H30N8O. The van der Waals surface area contributed by atoms with Gasteiger partial charge < -0.3 is 19.4 Å². The number of anilines is 1. The summed E-state index contributed by atoms with van der Waals surface area (Å²) in [5, 5.41) is 12.4. The fourth-order valence-corrected chi connectivity index (χ4v) is 5.85. The van der Waals surface area contributed by atoms with E-state index in [-0.39, 0.29) is 0 Å². The van der Waals surface area contributed by atoms with Gasteiger partial charge in [0.25, 0.3) is 0 Å². The zero-order chi connectivity index (χ0) is 23.2. The summed E-state index contributed by atoms with van der Waals surface area (Å²) in [5.41, 5.74) is 6.69. The monoisotopic (exact) mass is 470 g/mol. The SMILES string of the molecule is c1cc2nc(Cn3cc(-c4cncc(N5CCOCC5)c4)nn3)cn2cc1CNCC12CC(C1)C2. The Morgan fingerprint density at radius 3 is 2.77 bits per heavy atom. The van der Waals surface area contributed by atoms with Crippen LogP contribution in [0.25, 0.3) is 16.9 Å². The average Bonchev–Trinajstić information content (AvgIpc) is 3.47. The van der Waals surface area contributed by atoms with Crippen LogP contribution in [0.15, 0.2) is 49.2 Å². The van der Waals surface area contributed by atoms with E-state index in [0.29, 0.717) is 12.0 Å². The van der Waals surface area contributed by atoms with Crippen molar-refractivity contribution in [1.82, 2.24) is 34.7 Å². The van der Waals surface area contributed by atoms with Gasteiger partial charge in [-0.1, -0.05) is 11.3 Å². The van der Waals surface area contributed by atoms with Gasteiger partial charge in [-0.05, 0) is 48.3 Å². The highest BCUT2D eigenvalue weighted by Crippen LogP contribution is 2.63. The maximum absolute atomic E-state index is 5.46. The van der Waals surface area contributed by atoms with Gasteiger partial charge in [0.15, 0.2) is 0 Å². The Bertz CT molecular complexity index is 1340. The molecule has 180 valence electrons. The number of fused-ring (bicyclic) bond motifs is 1. The van der Waals surface area contributed by atoms with Gasteiger partial charge in [0.1, 0.15) is 11.3 Å². The van der Waals surface area contributed by atoms with E-state index in [9.17, 15) is 0 Å². The van der Waals surface area contributed by atoms with Gasteiger partial charge >= 0.3 is 0 Å². The lowest BCUT2D eigenvalue weighted by Crippen LogP contribution is -2.56. The minimum atomic E-state index is 0.572. The quantitative estimate of drug-likeness (QED) is 0.424. The molecule has 4 aromatic heterocycles. The Kier molecular flexibility index (Phi) is 5.06. The van der Waals surface area contributed by atoms with Crippen molar-refractivity contribution >= 4 is 11.3 Å². The van der Waals surface area contributed by atoms with Crippen LogP contribution in [0.1, 0.15) is 30.5 Å². The highest BCUT2D eigenvalue weighted by molar-refractivity contribution is 5.63. The summed E-state index contributed by atoms with van der Waals surface area (Å²) in [7, 11) is 0. The molecule has 0 spiro atoms. The maximum atomic E-state index is 5.46. The van der Waals surface area contributed by atoms with Crippen LogP contribution >= 0.6 is 0 Å². The first-order valence-electron chi connectivity index (χ1n) is 12.6. The molecule has 1 aliphatic heterocycles. The first-order valence-corrected chi connectivity index (χ1v) is 12.6. The molecule has 0 atom stereocenters. The van der Waals surface area contributed by atoms with Gasteiger partial charge in [0, 0.05) is 50.3 Å². The van der Waals surface area contributed by atoms with Gasteiger partial charge in [-0.2, -0.15) is 0 Å². The van der Waals surface area contributed by atoms with Crippen LogP contribution in [-0.2, 0) is 17.8 Å². The van der Waals surface area contributed by atoms with Crippen LogP contribution in [0.5, 0.6) is 0 Å². The summed E-state index contributed by atoms with van der Waals surface area (Å²) in [6, 6.07) is 6.39. The summed E-state index contributed by atoms with van der Waals surface area (Å²) in [6.45, 7) is 5.88. The number of imidazole rings is 1. The Hall–Kier alpha value is -3.30. The van der Waals surface area contributed by atoms with Gasteiger partial charge in [-0.25, -0.2) is 9.67 Å². The predicted molar refractivity (Wildman–Crippen MR) is 132 cm³/mol. The second-order valence-electron chi connectivity index (χ2n) is 10.4. The number of nitrogens with zero attached hydrogens (tertiary/aromatic N) is 7. The molecule has 9 nitrogen and oxygen atoms in total. The third kappa shape index (κ3) is 4.08. The van der Waals surface area contributed by atoms with Crippen molar-refractivity contribution in [3.05, 3.63) is 60.4 Å². The fraction of sp³-hybridized carbons (Fsp3) is 0.462. The minimum absolute atomic E-state index is 0.572. The smallest absolute Gasteiger partial charge is 0.137 e. The van der Waals surface area contributed by atoms with Crippen LogP contribution in [0, 0.1) is 11.3 Å². The average molecular weight is 471 g/mol. The number of morpholine rings is 1. The zero-order valence-electron chi connectivity index (χ0n) is 19.8. The molecule has 1 N–H and O–H groups in total. The minimum Gasteiger partial charge on any atom is -0.378 e. The van der Waals surface area contributed by atoms with Crippen LogP contribution < -0.4 is 10.2 Å². The molecular weight excluding hydrogens is 440 g/mol. The highest BCUT2D eigenvalue weighted by Gasteiger charge is 2.55. The highest BCUT2D eigenvalue weighted by atomic mass is 16.5. The van der Waals surface area contributed by atoms with Crippen LogP contribution in [-0.4, -0.2) is 62.2 Å². The standard InChI is InChI=1S/C26H30N8O/c1-2-25-29-22(15-33(25)14-19(1)11-28-18-26-8-20(9-26)10-26)16-34-17-24(30-31-34)21-7-23(13-27-12-21)32-3-5-35-6-4-32/h1-2,7,12-15,17,20,28H,3-6,8-11,16,18H2. The Morgan fingerprint density at radius 1 is 1.06 bits per heavy atom. The van der Waals surface area contributed by atoms with Crippen molar-refractivity contribution in [2.75, 3.05) is 37.7 Å². The molecule has 0 amide bonds. The molecule has 0 unspecified atom stereocenters. The molecule has 0 aromatic carbocycles. The Morgan fingerprint density at radius 2 is 1.94 bits per heavy atom. The topological polar surface area (TPSA) is 85.4 Å². The predicted octanol–water partition coefficient (Wildman–Crippen LogP) is 2.76. The molecule has 5 heterocycles. The molecule has 4 aliphatic rings. The van der Waals surface area contributed by atoms with E-state index in [1.807, 2.05) is 23.3 Å². The van der Waals surface area contributed by atoms with E-state index >= 15 is 0 Å². The number of hydrogen-bond acceptors (Lipinski definition) is 7. The van der Waals surface area contributed by atoms with E-state index in [0.717, 1.165) is 73.6 Å². The van der Waals surface area contributed by atoms with Gasteiger partial charge in [-0.3, -0.25) is 4.98 Å². The molecule has 1 saturated heterocycles. The molecule has 3 saturated carbocycles. The lowest BCUT2D eigenvalue weighted by Gasteiger charge is -2.62. The van der Waals surface area contributed by atoms with Gasteiger partial charge in [0.2, 0.25) is 0 Å². The van der Waals surface area contributed by atoms with Crippen molar-refractivity contribution in [3.8, 4) is 11.3 Å². The van der Waals surface area contributed by atoms with Crippen molar-refractivity contribution in [2.24, 2.45) is 11.3 Å². The zero-order valence-corrected chi connectivity index (χ0v) is 19.8. The number of pyridine rings is 2. The summed E-state index contributed by atoms with van der Waals surface area (Å²) < 4.78 is 9.41. The lowest BCUT2D eigenvalue weighted by molar-refractivity contribution is -0.103. The largest absolute Gasteiger partial charge is 0.378 e.